The highest BCUT2D eigenvalue weighted by Crippen LogP contribution is 2.38. The molecule has 3 aromatic carbocycles. The monoisotopic (exact) mass is 642 g/mol. The number of hydrogen-bond acceptors (Lipinski definition) is 8. The number of anilines is 1. The number of hydroxylamine groups is 2. The Morgan fingerprint density at radius 1 is 1.02 bits per heavy atom. The van der Waals surface area contributed by atoms with Gasteiger partial charge >= 0.3 is 6.18 Å². The van der Waals surface area contributed by atoms with Crippen LogP contribution < -0.4 is 11.5 Å². The molecule has 0 bridgehead atoms. The summed E-state index contributed by atoms with van der Waals surface area (Å²) in [6.07, 6.45) is -3.55. The molecule has 13 heteroatoms. The number of sulfone groups is 1. The van der Waals surface area contributed by atoms with Gasteiger partial charge in [0, 0.05) is 29.9 Å². The van der Waals surface area contributed by atoms with E-state index >= 15 is 0 Å². The molecule has 0 saturated heterocycles. The first-order valence-corrected chi connectivity index (χ1v) is 15.9. The summed E-state index contributed by atoms with van der Waals surface area (Å²) in [5, 5.41) is 9.44. The molecule has 1 heterocycles. The van der Waals surface area contributed by atoms with Crippen LogP contribution in [-0.2, 0) is 26.1 Å². The van der Waals surface area contributed by atoms with Crippen molar-refractivity contribution in [2.75, 3.05) is 18.9 Å². The third-order valence-corrected chi connectivity index (χ3v) is 10.0. The van der Waals surface area contributed by atoms with Gasteiger partial charge in [0.25, 0.3) is 5.91 Å². The summed E-state index contributed by atoms with van der Waals surface area (Å²) in [7, 11) is -3.57. The zero-order valence-corrected chi connectivity index (χ0v) is 25.0. The van der Waals surface area contributed by atoms with Gasteiger partial charge in [-0.25, -0.2) is 18.5 Å². The Kier molecular flexibility index (Phi) is 9.33. The van der Waals surface area contributed by atoms with Crippen molar-refractivity contribution in [2.45, 2.75) is 48.6 Å². The lowest BCUT2D eigenvalue weighted by Crippen LogP contribution is -2.37. The first kappa shape index (κ1) is 32.2. The Labute approximate surface area is 258 Å². The van der Waals surface area contributed by atoms with Gasteiger partial charge in [0.05, 0.1) is 28.8 Å². The van der Waals surface area contributed by atoms with Gasteiger partial charge in [-0.1, -0.05) is 36.4 Å². The zero-order valence-electron chi connectivity index (χ0n) is 24.2. The van der Waals surface area contributed by atoms with Crippen LogP contribution in [0.1, 0.15) is 36.8 Å². The van der Waals surface area contributed by atoms with Crippen LogP contribution in [0.25, 0.3) is 17.2 Å². The van der Waals surface area contributed by atoms with Gasteiger partial charge in [-0.3, -0.25) is 9.63 Å². The molecule has 1 amide bonds. The molecular weight excluding hydrogens is 609 g/mol. The fraction of sp³-hybridized carbons (Fsp3) is 0.312. The summed E-state index contributed by atoms with van der Waals surface area (Å²) < 4.78 is 65.6. The van der Waals surface area contributed by atoms with E-state index in [1.54, 1.807) is 66.7 Å². The molecule has 1 fully saturated rings. The second kappa shape index (κ2) is 13.0. The summed E-state index contributed by atoms with van der Waals surface area (Å²) in [6, 6.07) is 18.2. The predicted molar refractivity (Wildman–Crippen MR) is 165 cm³/mol. The number of aliphatic imine (C=N–C) groups is 1. The topological polar surface area (TPSA) is 148 Å². The number of amides is 1. The summed E-state index contributed by atoms with van der Waals surface area (Å²) in [5.74, 6) is -0.709. The Bertz CT molecular complexity index is 1730. The Morgan fingerprint density at radius 3 is 2.42 bits per heavy atom. The van der Waals surface area contributed by atoms with Crippen LogP contribution in [0.5, 0.6) is 0 Å². The number of fused-ring (bicyclic) bond motifs is 1. The molecule has 0 unspecified atom stereocenters. The van der Waals surface area contributed by atoms with Gasteiger partial charge in [-0.2, -0.15) is 13.2 Å². The highest BCUT2D eigenvalue weighted by molar-refractivity contribution is 7.92. The number of aliphatic hydroxyl groups is 1. The van der Waals surface area contributed by atoms with E-state index in [9.17, 15) is 31.5 Å². The molecule has 3 aromatic rings. The van der Waals surface area contributed by atoms with Crippen molar-refractivity contribution in [2.24, 2.45) is 16.6 Å². The van der Waals surface area contributed by atoms with Crippen molar-refractivity contribution in [1.29, 1.82) is 0 Å². The number of nitrogen functional groups attached to an aromatic ring is 1. The van der Waals surface area contributed by atoms with E-state index in [2.05, 4.69) is 4.99 Å². The van der Waals surface area contributed by atoms with Gasteiger partial charge < -0.3 is 16.6 Å². The van der Waals surface area contributed by atoms with E-state index in [0.29, 0.717) is 51.5 Å². The molecule has 0 atom stereocenters. The van der Waals surface area contributed by atoms with E-state index in [0.717, 1.165) is 0 Å². The molecule has 2 aliphatic rings. The molecule has 0 spiro atoms. The van der Waals surface area contributed by atoms with Gasteiger partial charge in [0.1, 0.15) is 12.4 Å². The number of carbonyl (C=O) groups is 1. The van der Waals surface area contributed by atoms with Crippen LogP contribution in [0.2, 0.25) is 0 Å². The van der Waals surface area contributed by atoms with Crippen LogP contribution >= 0.6 is 0 Å². The fourth-order valence-electron chi connectivity index (χ4n) is 5.21. The minimum atomic E-state index is -4.51. The summed E-state index contributed by atoms with van der Waals surface area (Å²) >= 11 is 0. The number of aliphatic hydroxyl groups excluding tert-OH is 1. The molecule has 9 nitrogen and oxygen atoms in total. The number of carbonyl (C=O) groups excluding carboxylic acids is 1. The Balaban J connectivity index is 1.39. The summed E-state index contributed by atoms with van der Waals surface area (Å²) in [6.45, 7) is -0.911. The first-order chi connectivity index (χ1) is 21.3. The van der Waals surface area contributed by atoms with E-state index < -0.39 is 40.1 Å². The number of nitrogens with two attached hydrogens (primary N) is 2. The largest absolute Gasteiger partial charge is 0.399 e. The molecule has 45 heavy (non-hydrogen) atoms. The lowest BCUT2D eigenvalue weighted by atomic mass is 9.86. The number of benzene rings is 3. The Hall–Kier alpha value is -4.20. The highest BCUT2D eigenvalue weighted by atomic mass is 32.2. The zero-order chi connectivity index (χ0) is 32.4. The third kappa shape index (κ3) is 7.72. The minimum absolute atomic E-state index is 0.00213. The number of hydrogen-bond donors (Lipinski definition) is 3. The molecule has 1 saturated carbocycles. The standard InChI is InChI=1S/C32H33F3N4O5S/c33-32(34,35)10-11-39(44-19-20-4-8-26(36)9-5-20)31(41)25-14-24-7-6-23(16-29(24)38-30(37)17-25)22-2-1-3-27(15-22)45(42,43)28-12-21(13-28)18-40/h1-9,14-16,21,28,40H,10-13,17-19,36H2,(H2,37,38). The lowest BCUT2D eigenvalue weighted by Gasteiger charge is -2.33. The van der Waals surface area contributed by atoms with Gasteiger partial charge in [0.2, 0.25) is 0 Å². The number of rotatable bonds is 10. The summed E-state index contributed by atoms with van der Waals surface area (Å²) in [4.78, 5) is 23.7. The quantitative estimate of drug-likeness (QED) is 0.204. The van der Waals surface area contributed by atoms with Gasteiger partial charge in [-0.05, 0) is 71.9 Å². The maximum Gasteiger partial charge on any atom is 0.390 e. The smallest absolute Gasteiger partial charge is 0.390 e. The molecule has 5 rings (SSSR count). The molecule has 0 aromatic heterocycles. The number of halogens is 3. The summed E-state index contributed by atoms with van der Waals surface area (Å²) in [5.41, 5.74) is 15.3. The van der Waals surface area contributed by atoms with Crippen molar-refractivity contribution in [3.05, 3.63) is 83.4 Å². The van der Waals surface area contributed by atoms with Crippen LogP contribution in [-0.4, -0.2) is 54.9 Å². The van der Waals surface area contributed by atoms with Crippen molar-refractivity contribution < 1.29 is 36.3 Å². The van der Waals surface area contributed by atoms with Crippen LogP contribution in [0, 0.1) is 5.92 Å². The molecule has 0 radical (unpaired) electrons. The minimum Gasteiger partial charge on any atom is -0.399 e. The number of amidine groups is 1. The number of alkyl halides is 3. The second-order valence-electron chi connectivity index (χ2n) is 11.2. The van der Waals surface area contributed by atoms with E-state index in [1.165, 1.54) is 6.08 Å². The fourth-order valence-corrected chi connectivity index (χ4v) is 7.20. The predicted octanol–water partition coefficient (Wildman–Crippen LogP) is 5.17. The van der Waals surface area contributed by atoms with Crippen molar-refractivity contribution in [1.82, 2.24) is 5.06 Å². The van der Waals surface area contributed by atoms with E-state index in [4.69, 9.17) is 16.3 Å². The molecular formula is C32H33F3N4O5S. The van der Waals surface area contributed by atoms with Crippen molar-refractivity contribution in [3.63, 3.8) is 0 Å². The molecule has 5 N–H and O–H groups in total. The third-order valence-electron chi connectivity index (χ3n) is 7.85. The van der Waals surface area contributed by atoms with E-state index in [1.807, 2.05) is 0 Å². The average Bonchev–Trinajstić information content (AvgIpc) is 3.14. The van der Waals surface area contributed by atoms with Crippen LogP contribution in [0.3, 0.4) is 0 Å². The van der Waals surface area contributed by atoms with Gasteiger partial charge in [-0.15, -0.1) is 0 Å². The van der Waals surface area contributed by atoms with Crippen molar-refractivity contribution in [3.8, 4) is 11.1 Å². The molecule has 238 valence electrons. The second-order valence-corrected chi connectivity index (χ2v) is 13.5. The maximum atomic E-state index is 13.5. The Morgan fingerprint density at radius 2 is 1.73 bits per heavy atom. The number of nitrogens with zero attached hydrogens (tertiary/aromatic N) is 2. The maximum absolute atomic E-state index is 13.5. The molecule has 1 aliphatic heterocycles. The van der Waals surface area contributed by atoms with E-state index in [-0.39, 0.29) is 41.9 Å². The first-order valence-electron chi connectivity index (χ1n) is 14.3. The SMILES string of the molecule is NC1=Nc2cc(-c3cccc(S(=O)(=O)C4CC(CO)C4)c3)ccc2C=C(C(=O)N(CCC(F)(F)F)OCc2ccc(N)cc2)C1. The lowest BCUT2D eigenvalue weighted by molar-refractivity contribution is -0.201. The van der Waals surface area contributed by atoms with Gasteiger partial charge in [0.15, 0.2) is 9.84 Å². The normalized spacial score (nSPS) is 18.2. The average molecular weight is 643 g/mol. The highest BCUT2D eigenvalue weighted by Gasteiger charge is 2.39. The van der Waals surface area contributed by atoms with Crippen LogP contribution in [0.15, 0.2) is 82.2 Å². The molecule has 1 aliphatic carbocycles. The van der Waals surface area contributed by atoms with Crippen molar-refractivity contribution >= 4 is 39.0 Å². The van der Waals surface area contributed by atoms with Crippen LogP contribution in [0.4, 0.5) is 24.5 Å².